The molecule has 7 N–H and O–H groups in total. The summed E-state index contributed by atoms with van der Waals surface area (Å²) >= 11 is 0. The first-order chi connectivity index (χ1) is 14.7. The Labute approximate surface area is 176 Å². The van der Waals surface area contributed by atoms with Crippen LogP contribution in [-0.2, 0) is 18.9 Å². The average Bonchev–Trinajstić information content (AvgIpc) is 2.78. The molecule has 2 heterocycles. The van der Waals surface area contributed by atoms with Crippen LogP contribution in [0, 0.1) is 0 Å². The Kier molecular flexibility index (Phi) is 7.93. The SMILES string of the molecule is O=C(OC[C@H]1O[C@@H](O[C@H]2[C@H](O)[C@@H](O)[C@@H](O)O[C@@H]2CO)[C@H](O)[C@@H](O)[C@H]1O)c1ccccc1. The second-order valence-corrected chi connectivity index (χ2v) is 7.31. The van der Waals surface area contributed by atoms with Gasteiger partial charge in [-0.1, -0.05) is 18.2 Å². The highest BCUT2D eigenvalue weighted by Crippen LogP contribution is 2.28. The number of rotatable bonds is 6. The number of benzene rings is 1. The third-order valence-electron chi connectivity index (χ3n) is 5.19. The molecule has 174 valence electrons. The van der Waals surface area contributed by atoms with Gasteiger partial charge in [0.1, 0.15) is 55.4 Å². The van der Waals surface area contributed by atoms with Gasteiger partial charge in [-0.15, -0.1) is 0 Å². The summed E-state index contributed by atoms with van der Waals surface area (Å²) in [6.07, 6.45) is -16.2. The van der Waals surface area contributed by atoms with Crippen LogP contribution in [0.3, 0.4) is 0 Å². The Hall–Kier alpha value is -1.71. The summed E-state index contributed by atoms with van der Waals surface area (Å²) in [6.45, 7) is -1.20. The summed E-state index contributed by atoms with van der Waals surface area (Å²) in [4.78, 5) is 12.1. The van der Waals surface area contributed by atoms with Crippen molar-refractivity contribution in [3.05, 3.63) is 35.9 Å². The first-order valence-corrected chi connectivity index (χ1v) is 9.62. The number of hydrogen-bond donors (Lipinski definition) is 7. The van der Waals surface area contributed by atoms with Crippen molar-refractivity contribution in [1.82, 2.24) is 0 Å². The van der Waals surface area contributed by atoms with Gasteiger partial charge in [-0.2, -0.15) is 0 Å². The average molecular weight is 446 g/mol. The summed E-state index contributed by atoms with van der Waals surface area (Å²) in [5, 5.41) is 69.5. The maximum Gasteiger partial charge on any atom is 0.338 e. The number of aliphatic hydroxyl groups excluding tert-OH is 7. The van der Waals surface area contributed by atoms with E-state index in [1.54, 1.807) is 18.2 Å². The van der Waals surface area contributed by atoms with Crippen LogP contribution < -0.4 is 0 Å². The van der Waals surface area contributed by atoms with E-state index in [9.17, 15) is 40.5 Å². The van der Waals surface area contributed by atoms with Crippen molar-refractivity contribution in [2.75, 3.05) is 13.2 Å². The van der Waals surface area contributed by atoms with Gasteiger partial charge >= 0.3 is 5.97 Å². The van der Waals surface area contributed by atoms with Crippen molar-refractivity contribution >= 4 is 5.97 Å². The molecule has 10 atom stereocenters. The Balaban J connectivity index is 1.67. The maximum atomic E-state index is 12.1. The van der Waals surface area contributed by atoms with Gasteiger partial charge in [0.15, 0.2) is 12.6 Å². The third kappa shape index (κ3) is 5.21. The van der Waals surface area contributed by atoms with Crippen molar-refractivity contribution in [3.63, 3.8) is 0 Å². The standard InChI is InChI=1S/C19H26O12/c20-6-9-16(13(23)14(24)18(27)29-9)31-19-15(25)12(22)11(21)10(30-19)7-28-17(26)8-4-2-1-3-5-8/h1-5,9-16,18-25,27H,6-7H2/t9-,10-,11+,12+,13-,14-,15-,16-,18+,19+/m1/s1. The molecule has 0 saturated carbocycles. The van der Waals surface area contributed by atoms with Crippen LogP contribution >= 0.6 is 0 Å². The van der Waals surface area contributed by atoms with E-state index in [-0.39, 0.29) is 5.56 Å². The summed E-state index contributed by atoms with van der Waals surface area (Å²) in [5.41, 5.74) is 0.252. The monoisotopic (exact) mass is 446 g/mol. The van der Waals surface area contributed by atoms with Gasteiger partial charge in [0, 0.05) is 0 Å². The fraction of sp³-hybridized carbons (Fsp3) is 0.632. The number of esters is 1. The van der Waals surface area contributed by atoms with E-state index in [1.165, 1.54) is 12.1 Å². The first-order valence-electron chi connectivity index (χ1n) is 9.62. The molecule has 1 aromatic carbocycles. The normalized spacial score (nSPS) is 41.0. The topological polar surface area (TPSA) is 196 Å². The lowest BCUT2D eigenvalue weighted by Gasteiger charge is -2.45. The molecule has 0 aliphatic carbocycles. The van der Waals surface area contributed by atoms with Gasteiger partial charge in [0.05, 0.1) is 12.2 Å². The molecular formula is C19H26O12. The lowest BCUT2D eigenvalue weighted by atomic mass is 9.97. The predicted molar refractivity (Wildman–Crippen MR) is 98.3 cm³/mol. The van der Waals surface area contributed by atoms with Crippen LogP contribution in [0.15, 0.2) is 30.3 Å². The molecule has 0 bridgehead atoms. The molecule has 2 aliphatic rings. The summed E-state index contributed by atoms with van der Waals surface area (Å²) < 4.78 is 20.9. The molecule has 0 spiro atoms. The number of ether oxygens (including phenoxy) is 4. The fourth-order valence-electron chi connectivity index (χ4n) is 3.37. The molecule has 0 unspecified atom stereocenters. The number of carbonyl (C=O) groups excluding carboxylic acids is 1. The maximum absolute atomic E-state index is 12.1. The summed E-state index contributed by atoms with van der Waals surface area (Å²) in [5.74, 6) is -0.706. The highest BCUT2D eigenvalue weighted by Gasteiger charge is 2.50. The van der Waals surface area contributed by atoms with Crippen LogP contribution in [0.4, 0.5) is 0 Å². The molecule has 2 aliphatic heterocycles. The molecule has 31 heavy (non-hydrogen) atoms. The van der Waals surface area contributed by atoms with E-state index < -0.39 is 80.6 Å². The molecule has 1 aromatic rings. The Morgan fingerprint density at radius 1 is 0.839 bits per heavy atom. The molecule has 12 nitrogen and oxygen atoms in total. The second kappa shape index (κ2) is 10.3. The first kappa shape index (κ1) is 23.9. The Bertz CT molecular complexity index is 715. The van der Waals surface area contributed by atoms with E-state index >= 15 is 0 Å². The summed E-state index contributed by atoms with van der Waals surface area (Å²) in [6, 6.07) is 8.01. The van der Waals surface area contributed by atoms with Gasteiger partial charge in [-0.05, 0) is 12.1 Å². The molecular weight excluding hydrogens is 420 g/mol. The van der Waals surface area contributed by atoms with Crippen LogP contribution in [0.1, 0.15) is 10.4 Å². The van der Waals surface area contributed by atoms with E-state index in [1.807, 2.05) is 0 Å². The predicted octanol–water partition coefficient (Wildman–Crippen LogP) is -3.53. The Morgan fingerprint density at radius 2 is 1.52 bits per heavy atom. The van der Waals surface area contributed by atoms with Crippen molar-refractivity contribution in [1.29, 1.82) is 0 Å². The molecule has 2 fully saturated rings. The lowest BCUT2D eigenvalue weighted by Crippen LogP contribution is -2.64. The van der Waals surface area contributed by atoms with Gasteiger partial charge in [-0.25, -0.2) is 4.79 Å². The summed E-state index contributed by atoms with van der Waals surface area (Å²) in [7, 11) is 0. The fourth-order valence-corrected chi connectivity index (χ4v) is 3.37. The van der Waals surface area contributed by atoms with Crippen molar-refractivity contribution in [3.8, 4) is 0 Å². The van der Waals surface area contributed by atoms with E-state index in [0.29, 0.717) is 0 Å². The van der Waals surface area contributed by atoms with Crippen LogP contribution in [0.25, 0.3) is 0 Å². The number of carbonyl (C=O) groups is 1. The quantitative estimate of drug-likeness (QED) is 0.213. The molecule has 3 rings (SSSR count). The highest BCUT2D eigenvalue weighted by atomic mass is 16.7. The minimum Gasteiger partial charge on any atom is -0.459 e. The zero-order chi connectivity index (χ0) is 22.7. The van der Waals surface area contributed by atoms with Gasteiger partial charge in [-0.3, -0.25) is 0 Å². The van der Waals surface area contributed by atoms with Crippen LogP contribution in [0.2, 0.25) is 0 Å². The van der Waals surface area contributed by atoms with Crippen LogP contribution in [-0.4, -0.2) is 116 Å². The minimum absolute atomic E-state index is 0.252. The molecule has 0 radical (unpaired) electrons. The minimum atomic E-state index is -1.79. The van der Waals surface area contributed by atoms with E-state index in [4.69, 9.17) is 18.9 Å². The molecule has 0 aromatic heterocycles. The van der Waals surface area contributed by atoms with Crippen molar-refractivity contribution < 1.29 is 59.5 Å². The number of hydrogen-bond acceptors (Lipinski definition) is 12. The van der Waals surface area contributed by atoms with Crippen molar-refractivity contribution in [2.24, 2.45) is 0 Å². The smallest absolute Gasteiger partial charge is 0.338 e. The highest BCUT2D eigenvalue weighted by molar-refractivity contribution is 5.89. The van der Waals surface area contributed by atoms with E-state index in [0.717, 1.165) is 0 Å². The zero-order valence-corrected chi connectivity index (χ0v) is 16.2. The number of aliphatic hydroxyl groups is 7. The zero-order valence-electron chi connectivity index (χ0n) is 16.2. The van der Waals surface area contributed by atoms with Crippen LogP contribution in [0.5, 0.6) is 0 Å². The van der Waals surface area contributed by atoms with E-state index in [2.05, 4.69) is 0 Å². The second-order valence-electron chi connectivity index (χ2n) is 7.31. The van der Waals surface area contributed by atoms with Gasteiger partial charge in [0.25, 0.3) is 0 Å². The van der Waals surface area contributed by atoms with Crippen molar-refractivity contribution in [2.45, 2.75) is 61.4 Å². The largest absolute Gasteiger partial charge is 0.459 e. The third-order valence-corrected chi connectivity index (χ3v) is 5.19. The van der Waals surface area contributed by atoms with Gasteiger partial charge in [0.2, 0.25) is 0 Å². The lowest BCUT2D eigenvalue weighted by molar-refractivity contribution is -0.355. The molecule has 2 saturated heterocycles. The van der Waals surface area contributed by atoms with Gasteiger partial charge < -0.3 is 54.7 Å². The Morgan fingerprint density at radius 3 is 2.16 bits per heavy atom. The molecule has 12 heteroatoms. The molecule has 0 amide bonds.